The van der Waals surface area contributed by atoms with Crippen LogP contribution in [0.2, 0.25) is 0 Å². The summed E-state index contributed by atoms with van der Waals surface area (Å²) in [5, 5.41) is 5.63. The highest BCUT2D eigenvalue weighted by atomic mass is 16.5. The second-order valence-corrected chi connectivity index (χ2v) is 5.87. The maximum atomic E-state index is 12.3. The molecule has 0 unspecified atom stereocenters. The molecule has 0 radical (unpaired) electrons. The lowest BCUT2D eigenvalue weighted by atomic mass is 10.1. The number of amides is 2. The van der Waals surface area contributed by atoms with Gasteiger partial charge in [-0.15, -0.1) is 0 Å². The molecule has 0 spiro atoms. The predicted molar refractivity (Wildman–Crippen MR) is 101 cm³/mol. The number of unbranched alkanes of at least 4 members (excludes halogenated alkanes) is 1. The summed E-state index contributed by atoms with van der Waals surface area (Å²) in [7, 11) is 1.62. The third-order valence-corrected chi connectivity index (χ3v) is 3.86. The summed E-state index contributed by atoms with van der Waals surface area (Å²) in [5.41, 5.74) is 1.56. The molecule has 1 aromatic carbocycles. The van der Waals surface area contributed by atoms with Crippen molar-refractivity contribution in [2.24, 2.45) is 0 Å². The lowest BCUT2D eigenvalue weighted by Crippen LogP contribution is -2.29. The topological polar surface area (TPSA) is 80.3 Å². The van der Waals surface area contributed by atoms with E-state index in [2.05, 4.69) is 22.5 Å². The highest BCUT2D eigenvalue weighted by Crippen LogP contribution is 2.12. The average Bonchev–Trinajstić information content (AvgIpc) is 2.68. The van der Waals surface area contributed by atoms with E-state index in [1.807, 2.05) is 24.3 Å². The summed E-state index contributed by atoms with van der Waals surface area (Å²) in [6, 6.07) is 12.6. The van der Waals surface area contributed by atoms with Crippen LogP contribution in [0.4, 0.5) is 0 Å². The van der Waals surface area contributed by atoms with Crippen LogP contribution >= 0.6 is 0 Å². The Kier molecular flexibility index (Phi) is 7.61. The first-order valence-electron chi connectivity index (χ1n) is 8.80. The number of methoxy groups -OCH3 is 1. The molecule has 0 bridgehead atoms. The molecule has 6 heteroatoms. The Bertz CT molecular complexity index is 747. The molecule has 0 saturated heterocycles. The van der Waals surface area contributed by atoms with Crippen molar-refractivity contribution in [2.75, 3.05) is 20.2 Å². The van der Waals surface area contributed by atoms with Crippen LogP contribution < -0.4 is 15.4 Å². The fraction of sp³-hybridized carbons (Fsp3) is 0.350. The molecular weight excluding hydrogens is 330 g/mol. The molecule has 0 aliphatic rings. The fourth-order valence-corrected chi connectivity index (χ4v) is 2.40. The first kappa shape index (κ1) is 19.4. The molecule has 2 rings (SSSR count). The molecule has 1 heterocycles. The van der Waals surface area contributed by atoms with Gasteiger partial charge >= 0.3 is 0 Å². The molecule has 6 nitrogen and oxygen atoms in total. The Morgan fingerprint density at radius 3 is 2.31 bits per heavy atom. The summed E-state index contributed by atoms with van der Waals surface area (Å²) >= 11 is 0. The van der Waals surface area contributed by atoms with E-state index < -0.39 is 0 Å². The molecular formula is C20H25N3O3. The van der Waals surface area contributed by atoms with Crippen LogP contribution in [-0.2, 0) is 6.42 Å². The minimum Gasteiger partial charge on any atom is -0.497 e. The van der Waals surface area contributed by atoms with Crippen molar-refractivity contribution >= 4 is 11.8 Å². The van der Waals surface area contributed by atoms with E-state index in [9.17, 15) is 9.59 Å². The average molecular weight is 355 g/mol. The van der Waals surface area contributed by atoms with Gasteiger partial charge in [-0.3, -0.25) is 9.59 Å². The van der Waals surface area contributed by atoms with E-state index in [0.29, 0.717) is 19.5 Å². The molecule has 26 heavy (non-hydrogen) atoms. The summed E-state index contributed by atoms with van der Waals surface area (Å²) in [6.07, 6.45) is 2.60. The summed E-state index contributed by atoms with van der Waals surface area (Å²) in [6.45, 7) is 3.13. The molecule has 2 N–H and O–H groups in total. The second-order valence-electron chi connectivity index (χ2n) is 5.87. The molecule has 1 aromatic heterocycles. The first-order valence-corrected chi connectivity index (χ1v) is 8.80. The number of carbonyl (C=O) groups is 2. The monoisotopic (exact) mass is 355 g/mol. The highest BCUT2D eigenvalue weighted by Gasteiger charge is 2.11. The van der Waals surface area contributed by atoms with Crippen LogP contribution in [0, 0.1) is 0 Å². The quantitative estimate of drug-likeness (QED) is 0.678. The molecule has 2 amide bonds. The Morgan fingerprint density at radius 2 is 1.65 bits per heavy atom. The highest BCUT2D eigenvalue weighted by molar-refractivity contribution is 5.96. The van der Waals surface area contributed by atoms with Gasteiger partial charge in [-0.05, 0) is 42.7 Å². The van der Waals surface area contributed by atoms with Crippen LogP contribution in [0.3, 0.4) is 0 Å². The van der Waals surface area contributed by atoms with Gasteiger partial charge in [-0.25, -0.2) is 4.98 Å². The zero-order valence-corrected chi connectivity index (χ0v) is 15.2. The molecule has 0 fully saturated rings. The third kappa shape index (κ3) is 5.88. The number of nitrogens with one attached hydrogen (secondary N) is 2. The Morgan fingerprint density at radius 1 is 1.00 bits per heavy atom. The molecule has 0 atom stereocenters. The largest absolute Gasteiger partial charge is 0.497 e. The van der Waals surface area contributed by atoms with Crippen molar-refractivity contribution in [2.45, 2.75) is 26.2 Å². The van der Waals surface area contributed by atoms with Crippen LogP contribution in [-0.4, -0.2) is 37.0 Å². The number of nitrogens with zero attached hydrogens (tertiary/aromatic N) is 1. The van der Waals surface area contributed by atoms with Crippen molar-refractivity contribution in [1.29, 1.82) is 0 Å². The Labute approximate surface area is 154 Å². The van der Waals surface area contributed by atoms with E-state index in [1.165, 1.54) is 0 Å². The van der Waals surface area contributed by atoms with Gasteiger partial charge in [-0.2, -0.15) is 0 Å². The van der Waals surface area contributed by atoms with Crippen LogP contribution in [0.1, 0.15) is 46.3 Å². The van der Waals surface area contributed by atoms with E-state index >= 15 is 0 Å². The Hall–Kier alpha value is -2.89. The van der Waals surface area contributed by atoms with Crippen molar-refractivity contribution in [1.82, 2.24) is 15.6 Å². The molecule has 0 aliphatic carbocycles. The van der Waals surface area contributed by atoms with Crippen molar-refractivity contribution in [3.63, 3.8) is 0 Å². The summed E-state index contributed by atoms with van der Waals surface area (Å²) in [4.78, 5) is 28.5. The van der Waals surface area contributed by atoms with Crippen LogP contribution in [0.25, 0.3) is 0 Å². The molecule has 0 aliphatic heterocycles. The number of pyridine rings is 1. The van der Waals surface area contributed by atoms with Gasteiger partial charge in [0.15, 0.2) is 0 Å². The number of aromatic nitrogens is 1. The molecule has 138 valence electrons. The zero-order valence-electron chi connectivity index (χ0n) is 15.2. The maximum Gasteiger partial charge on any atom is 0.269 e. The maximum absolute atomic E-state index is 12.3. The van der Waals surface area contributed by atoms with Gasteiger partial charge in [0.1, 0.15) is 17.1 Å². The summed E-state index contributed by atoms with van der Waals surface area (Å²) < 4.78 is 5.19. The van der Waals surface area contributed by atoms with E-state index in [0.717, 1.165) is 24.2 Å². The number of benzene rings is 1. The van der Waals surface area contributed by atoms with Gasteiger partial charge in [0, 0.05) is 13.1 Å². The number of ether oxygens (including phenoxy) is 1. The molecule has 0 saturated carbocycles. The number of hydrogen-bond acceptors (Lipinski definition) is 4. The minimum absolute atomic E-state index is 0.235. The van der Waals surface area contributed by atoms with Crippen molar-refractivity contribution < 1.29 is 14.3 Å². The lowest BCUT2D eigenvalue weighted by Gasteiger charge is -2.08. The predicted octanol–water partition coefficient (Wildman–Crippen LogP) is 2.59. The summed E-state index contributed by atoms with van der Waals surface area (Å²) in [5.74, 6) is 0.234. The smallest absolute Gasteiger partial charge is 0.269 e. The third-order valence-electron chi connectivity index (χ3n) is 3.86. The lowest BCUT2D eigenvalue weighted by molar-refractivity contribution is 0.0944. The Balaban J connectivity index is 1.88. The normalized spacial score (nSPS) is 10.2. The van der Waals surface area contributed by atoms with Gasteiger partial charge in [-0.1, -0.05) is 31.5 Å². The minimum atomic E-state index is -0.295. The van der Waals surface area contributed by atoms with Crippen molar-refractivity contribution in [3.8, 4) is 5.75 Å². The number of carbonyl (C=O) groups excluding carboxylic acids is 2. The van der Waals surface area contributed by atoms with Crippen molar-refractivity contribution in [3.05, 3.63) is 59.4 Å². The SMILES string of the molecule is CCCCNC(=O)c1cccc(C(=O)NCCc2cccc(OC)c2)n1. The van der Waals surface area contributed by atoms with Gasteiger partial charge in [0.05, 0.1) is 7.11 Å². The number of rotatable bonds is 9. The van der Waals surface area contributed by atoms with Crippen LogP contribution in [0.5, 0.6) is 5.75 Å². The van der Waals surface area contributed by atoms with E-state index in [1.54, 1.807) is 25.3 Å². The van der Waals surface area contributed by atoms with Crippen LogP contribution in [0.15, 0.2) is 42.5 Å². The van der Waals surface area contributed by atoms with Gasteiger partial charge in [0.25, 0.3) is 11.8 Å². The number of hydrogen-bond donors (Lipinski definition) is 2. The van der Waals surface area contributed by atoms with E-state index in [-0.39, 0.29) is 23.2 Å². The zero-order chi connectivity index (χ0) is 18.8. The molecule has 2 aromatic rings. The van der Waals surface area contributed by atoms with E-state index in [4.69, 9.17) is 4.74 Å². The second kappa shape index (κ2) is 10.2. The fourth-order valence-electron chi connectivity index (χ4n) is 2.40. The first-order chi connectivity index (χ1) is 12.6. The van der Waals surface area contributed by atoms with Gasteiger partial charge < -0.3 is 15.4 Å². The standard InChI is InChI=1S/C20H25N3O3/c1-3-4-12-21-19(24)17-9-6-10-18(23-17)20(25)22-13-11-15-7-5-8-16(14-15)26-2/h5-10,14H,3-4,11-13H2,1-2H3,(H,21,24)(H,22,25). The van der Waals surface area contributed by atoms with Gasteiger partial charge in [0.2, 0.25) is 0 Å².